The maximum Gasteiger partial charge on any atom is 0.232 e. The number of aryl methyl sites for hydroxylation is 3. The van der Waals surface area contributed by atoms with Crippen molar-refractivity contribution >= 4 is 11.6 Å². The second kappa shape index (κ2) is 5.69. The van der Waals surface area contributed by atoms with E-state index in [0.29, 0.717) is 11.7 Å². The van der Waals surface area contributed by atoms with Crippen molar-refractivity contribution in [3.05, 3.63) is 47.2 Å². The van der Waals surface area contributed by atoms with Crippen molar-refractivity contribution in [2.75, 3.05) is 5.32 Å². The Bertz CT molecular complexity index is 570. The first-order valence-corrected chi connectivity index (χ1v) is 6.40. The second-order valence-electron chi connectivity index (χ2n) is 4.52. The minimum atomic E-state index is -0.0940. The first-order valence-electron chi connectivity index (χ1n) is 6.40. The van der Waals surface area contributed by atoms with Crippen LogP contribution < -0.4 is 5.32 Å². The number of carbonyl (C=O) groups excluding carboxylic acids is 1. The summed E-state index contributed by atoms with van der Waals surface area (Å²) in [7, 11) is 0. The van der Waals surface area contributed by atoms with Gasteiger partial charge in [0.1, 0.15) is 5.76 Å². The Hall–Kier alpha value is -2.10. The van der Waals surface area contributed by atoms with E-state index in [4.69, 9.17) is 4.42 Å². The third-order valence-electron chi connectivity index (χ3n) is 2.97. The third kappa shape index (κ3) is 3.44. The summed E-state index contributed by atoms with van der Waals surface area (Å²) in [5.41, 5.74) is 2.82. The Labute approximate surface area is 112 Å². The van der Waals surface area contributed by atoms with E-state index in [2.05, 4.69) is 17.2 Å². The maximum absolute atomic E-state index is 11.9. The van der Waals surface area contributed by atoms with Crippen LogP contribution in [0.2, 0.25) is 0 Å². The Morgan fingerprint density at radius 3 is 2.47 bits per heavy atom. The number of nitrogens with one attached hydrogen (secondary N) is 1. The summed E-state index contributed by atoms with van der Waals surface area (Å²) in [5.74, 6) is 1.12. The lowest BCUT2D eigenvalue weighted by molar-refractivity contribution is -0.115. The maximum atomic E-state index is 11.9. The van der Waals surface area contributed by atoms with Crippen LogP contribution in [0.4, 0.5) is 5.69 Å². The molecule has 0 fully saturated rings. The number of benzene rings is 1. The molecule has 1 aromatic heterocycles. The molecule has 0 unspecified atom stereocenters. The van der Waals surface area contributed by atoms with Crippen LogP contribution in [0.25, 0.3) is 0 Å². The number of amides is 1. The molecule has 19 heavy (non-hydrogen) atoms. The number of aromatic nitrogens is 1. The molecule has 0 aliphatic heterocycles. The fraction of sp³-hybridized carbons (Fsp3) is 0.333. The largest absolute Gasteiger partial charge is 0.445 e. The highest BCUT2D eigenvalue weighted by molar-refractivity contribution is 5.92. The van der Waals surface area contributed by atoms with Gasteiger partial charge in [0.15, 0.2) is 5.89 Å². The standard InChI is InChI=1S/C15H18N2O2/c1-4-12-5-7-13(8-6-12)17-15(18)9-14-10(2)16-11(3)19-14/h5-8H,4,9H2,1-3H3,(H,17,18). The number of hydrogen-bond acceptors (Lipinski definition) is 3. The van der Waals surface area contributed by atoms with Crippen molar-refractivity contribution in [2.24, 2.45) is 0 Å². The first-order chi connectivity index (χ1) is 9.08. The highest BCUT2D eigenvalue weighted by Gasteiger charge is 2.11. The predicted octanol–water partition coefficient (Wildman–Crippen LogP) is 3.04. The lowest BCUT2D eigenvalue weighted by Crippen LogP contribution is -2.14. The van der Waals surface area contributed by atoms with Crippen LogP contribution in [0, 0.1) is 13.8 Å². The van der Waals surface area contributed by atoms with Crippen LogP contribution in [0.3, 0.4) is 0 Å². The minimum absolute atomic E-state index is 0.0940. The van der Waals surface area contributed by atoms with Gasteiger partial charge < -0.3 is 9.73 Å². The Balaban J connectivity index is 1.99. The molecule has 0 bridgehead atoms. The van der Waals surface area contributed by atoms with E-state index in [1.54, 1.807) is 6.92 Å². The average molecular weight is 258 g/mol. The molecule has 2 rings (SSSR count). The lowest BCUT2D eigenvalue weighted by Gasteiger charge is -2.05. The molecule has 0 aliphatic rings. The van der Waals surface area contributed by atoms with Crippen molar-refractivity contribution in [2.45, 2.75) is 33.6 Å². The summed E-state index contributed by atoms with van der Waals surface area (Å²) in [6.45, 7) is 5.72. The Morgan fingerprint density at radius 1 is 1.26 bits per heavy atom. The average Bonchev–Trinajstić information content (AvgIpc) is 2.68. The van der Waals surface area contributed by atoms with E-state index < -0.39 is 0 Å². The van der Waals surface area contributed by atoms with Crippen LogP contribution in [0.1, 0.15) is 29.8 Å². The molecule has 1 aromatic carbocycles. The van der Waals surface area contributed by atoms with Crippen LogP contribution >= 0.6 is 0 Å². The fourth-order valence-electron chi connectivity index (χ4n) is 1.91. The molecule has 1 N–H and O–H groups in total. The minimum Gasteiger partial charge on any atom is -0.445 e. The van der Waals surface area contributed by atoms with Crippen molar-refractivity contribution in [1.29, 1.82) is 0 Å². The second-order valence-corrected chi connectivity index (χ2v) is 4.52. The molecule has 100 valence electrons. The first kappa shape index (κ1) is 13.3. The highest BCUT2D eigenvalue weighted by Crippen LogP contribution is 2.13. The van der Waals surface area contributed by atoms with Gasteiger partial charge in [0.2, 0.25) is 5.91 Å². The van der Waals surface area contributed by atoms with Gasteiger partial charge >= 0.3 is 0 Å². The van der Waals surface area contributed by atoms with Crippen molar-refractivity contribution in [1.82, 2.24) is 4.98 Å². The van der Waals surface area contributed by atoms with Crippen LogP contribution in [0.5, 0.6) is 0 Å². The van der Waals surface area contributed by atoms with Gasteiger partial charge in [0.25, 0.3) is 0 Å². The molecule has 0 saturated carbocycles. The molecule has 1 heterocycles. The predicted molar refractivity (Wildman–Crippen MR) is 74.1 cm³/mol. The molecule has 4 heteroatoms. The van der Waals surface area contributed by atoms with E-state index in [0.717, 1.165) is 17.8 Å². The molecule has 0 radical (unpaired) electrons. The molecule has 0 aliphatic carbocycles. The zero-order valence-corrected chi connectivity index (χ0v) is 11.5. The Morgan fingerprint density at radius 2 is 1.95 bits per heavy atom. The molecule has 0 saturated heterocycles. The van der Waals surface area contributed by atoms with Gasteiger partial charge in [0.05, 0.1) is 12.1 Å². The van der Waals surface area contributed by atoms with Gasteiger partial charge in [-0.1, -0.05) is 19.1 Å². The summed E-state index contributed by atoms with van der Waals surface area (Å²) in [5, 5.41) is 2.85. The number of oxazole rings is 1. The summed E-state index contributed by atoms with van der Waals surface area (Å²) in [6, 6.07) is 7.85. The number of hydrogen-bond donors (Lipinski definition) is 1. The van der Waals surface area contributed by atoms with Gasteiger partial charge in [-0.25, -0.2) is 4.98 Å². The molecule has 1 amide bonds. The fourth-order valence-corrected chi connectivity index (χ4v) is 1.91. The molecule has 0 spiro atoms. The summed E-state index contributed by atoms with van der Waals surface area (Å²) < 4.78 is 5.39. The quantitative estimate of drug-likeness (QED) is 0.917. The normalized spacial score (nSPS) is 10.5. The molecule has 0 atom stereocenters. The van der Waals surface area contributed by atoms with Crippen LogP contribution in [0.15, 0.2) is 28.7 Å². The Kier molecular flexibility index (Phi) is 4.00. The summed E-state index contributed by atoms with van der Waals surface area (Å²) in [6.07, 6.45) is 1.20. The molecule has 2 aromatic rings. The number of anilines is 1. The van der Waals surface area contributed by atoms with Gasteiger partial charge in [-0.3, -0.25) is 4.79 Å². The van der Waals surface area contributed by atoms with E-state index in [9.17, 15) is 4.79 Å². The number of carbonyl (C=O) groups is 1. The molecular weight excluding hydrogens is 240 g/mol. The molecule has 4 nitrogen and oxygen atoms in total. The van der Waals surface area contributed by atoms with Crippen LogP contribution in [-0.4, -0.2) is 10.9 Å². The third-order valence-corrected chi connectivity index (χ3v) is 2.97. The smallest absolute Gasteiger partial charge is 0.232 e. The van der Waals surface area contributed by atoms with Gasteiger partial charge in [-0.2, -0.15) is 0 Å². The van der Waals surface area contributed by atoms with Crippen LogP contribution in [-0.2, 0) is 17.6 Å². The van der Waals surface area contributed by atoms with E-state index >= 15 is 0 Å². The van der Waals surface area contributed by atoms with Gasteiger partial charge in [-0.05, 0) is 31.0 Å². The van der Waals surface area contributed by atoms with E-state index in [1.807, 2.05) is 31.2 Å². The molecular formula is C15H18N2O2. The van der Waals surface area contributed by atoms with E-state index in [-0.39, 0.29) is 12.3 Å². The zero-order valence-electron chi connectivity index (χ0n) is 11.5. The van der Waals surface area contributed by atoms with Gasteiger partial charge in [-0.15, -0.1) is 0 Å². The zero-order chi connectivity index (χ0) is 13.8. The van der Waals surface area contributed by atoms with Gasteiger partial charge in [0, 0.05) is 12.6 Å². The lowest BCUT2D eigenvalue weighted by atomic mass is 10.1. The topological polar surface area (TPSA) is 55.1 Å². The number of nitrogens with zero attached hydrogens (tertiary/aromatic N) is 1. The van der Waals surface area contributed by atoms with E-state index in [1.165, 1.54) is 5.56 Å². The summed E-state index contributed by atoms with van der Waals surface area (Å²) >= 11 is 0. The van der Waals surface area contributed by atoms with Crippen molar-refractivity contribution in [3.8, 4) is 0 Å². The number of rotatable bonds is 4. The van der Waals surface area contributed by atoms with Crippen molar-refractivity contribution in [3.63, 3.8) is 0 Å². The highest BCUT2D eigenvalue weighted by atomic mass is 16.4. The SMILES string of the molecule is CCc1ccc(NC(=O)Cc2oc(C)nc2C)cc1. The summed E-state index contributed by atoms with van der Waals surface area (Å²) in [4.78, 5) is 16.0. The van der Waals surface area contributed by atoms with Crippen molar-refractivity contribution < 1.29 is 9.21 Å². The monoisotopic (exact) mass is 258 g/mol.